The lowest BCUT2D eigenvalue weighted by atomic mass is 10.0. The van der Waals surface area contributed by atoms with Crippen LogP contribution >= 0.6 is 0 Å². The molecule has 1 aromatic heterocycles. The summed E-state index contributed by atoms with van der Waals surface area (Å²) in [5, 5.41) is 0. The van der Waals surface area contributed by atoms with Crippen molar-refractivity contribution in [1.82, 2.24) is 15.4 Å². The Kier molecular flexibility index (Phi) is 4.43. The average Bonchev–Trinajstić information content (AvgIpc) is 2.46. The highest BCUT2D eigenvalue weighted by Crippen LogP contribution is 2.22. The smallest absolute Gasteiger partial charge is 0.146 e. The van der Waals surface area contributed by atoms with Crippen LogP contribution in [-0.4, -0.2) is 17.1 Å². The van der Waals surface area contributed by atoms with Crippen LogP contribution in [0.3, 0.4) is 0 Å². The van der Waals surface area contributed by atoms with Crippen molar-refractivity contribution in [3.05, 3.63) is 53.6 Å². The summed E-state index contributed by atoms with van der Waals surface area (Å²) in [6, 6.07) is 7.71. The highest BCUT2D eigenvalue weighted by molar-refractivity contribution is 5.34. The number of para-hydroxylation sites is 1. The first-order chi connectivity index (χ1) is 9.24. The summed E-state index contributed by atoms with van der Waals surface area (Å²) in [5.41, 5.74) is 4.85. The minimum atomic E-state index is -0.142. The van der Waals surface area contributed by atoms with Crippen LogP contribution in [0.5, 0.6) is 5.75 Å². The third-order valence-corrected chi connectivity index (χ3v) is 2.93. The van der Waals surface area contributed by atoms with E-state index in [0.717, 1.165) is 16.9 Å². The van der Waals surface area contributed by atoms with Crippen LogP contribution < -0.4 is 16.0 Å². The Bertz CT molecular complexity index is 527. The quantitative estimate of drug-likeness (QED) is 0.628. The monoisotopic (exact) mass is 258 g/mol. The molecule has 0 bridgehead atoms. The lowest BCUT2D eigenvalue weighted by molar-refractivity contribution is 0.404. The predicted octanol–water partition coefficient (Wildman–Crippen LogP) is 1.54. The molecule has 100 valence electrons. The van der Waals surface area contributed by atoms with Gasteiger partial charge in [-0.05, 0) is 30.5 Å². The van der Waals surface area contributed by atoms with E-state index in [2.05, 4.69) is 15.4 Å². The number of rotatable bonds is 5. The second-order valence-electron chi connectivity index (χ2n) is 4.35. The second-order valence-corrected chi connectivity index (χ2v) is 4.35. The fourth-order valence-electron chi connectivity index (χ4n) is 1.90. The molecule has 2 aromatic rings. The molecule has 1 heterocycles. The molecule has 0 saturated carbocycles. The molecule has 2 rings (SSSR count). The molecule has 1 atom stereocenters. The molecule has 0 aliphatic carbocycles. The molecule has 5 nitrogen and oxygen atoms in total. The van der Waals surface area contributed by atoms with E-state index in [0.29, 0.717) is 12.2 Å². The van der Waals surface area contributed by atoms with Gasteiger partial charge in [-0.15, -0.1) is 0 Å². The van der Waals surface area contributed by atoms with E-state index < -0.39 is 0 Å². The number of hydrogen-bond acceptors (Lipinski definition) is 5. The van der Waals surface area contributed by atoms with Crippen molar-refractivity contribution in [2.45, 2.75) is 19.4 Å². The Morgan fingerprint density at radius 1 is 1.26 bits per heavy atom. The van der Waals surface area contributed by atoms with Crippen LogP contribution in [-0.2, 0) is 6.42 Å². The predicted molar refractivity (Wildman–Crippen MR) is 73.5 cm³/mol. The fourth-order valence-corrected chi connectivity index (χ4v) is 1.90. The Labute approximate surface area is 112 Å². The summed E-state index contributed by atoms with van der Waals surface area (Å²) in [7, 11) is 1.66. The molecule has 19 heavy (non-hydrogen) atoms. The van der Waals surface area contributed by atoms with Gasteiger partial charge in [0.25, 0.3) is 0 Å². The average molecular weight is 258 g/mol. The van der Waals surface area contributed by atoms with Gasteiger partial charge in [-0.25, -0.2) is 15.4 Å². The van der Waals surface area contributed by atoms with Crippen LogP contribution in [0.2, 0.25) is 0 Å². The van der Waals surface area contributed by atoms with Crippen molar-refractivity contribution in [2.24, 2.45) is 5.84 Å². The molecule has 1 aromatic carbocycles. The minimum absolute atomic E-state index is 0.142. The zero-order chi connectivity index (χ0) is 13.7. The number of nitrogens with two attached hydrogens (primary N) is 1. The van der Waals surface area contributed by atoms with Gasteiger partial charge < -0.3 is 4.74 Å². The van der Waals surface area contributed by atoms with Crippen LogP contribution in [0.15, 0.2) is 36.7 Å². The highest BCUT2D eigenvalue weighted by atomic mass is 16.5. The van der Waals surface area contributed by atoms with Gasteiger partial charge >= 0.3 is 0 Å². The molecule has 0 spiro atoms. The van der Waals surface area contributed by atoms with E-state index in [1.807, 2.05) is 31.2 Å². The van der Waals surface area contributed by atoms with Crippen molar-refractivity contribution in [1.29, 1.82) is 0 Å². The molecule has 1 unspecified atom stereocenters. The van der Waals surface area contributed by atoms with Gasteiger partial charge in [0.05, 0.1) is 13.2 Å². The Hall–Kier alpha value is -1.98. The lowest BCUT2D eigenvalue weighted by Crippen LogP contribution is -2.31. The third-order valence-electron chi connectivity index (χ3n) is 2.93. The number of hydrazine groups is 1. The van der Waals surface area contributed by atoms with Gasteiger partial charge in [0.1, 0.15) is 11.6 Å². The van der Waals surface area contributed by atoms with E-state index in [9.17, 15) is 0 Å². The topological polar surface area (TPSA) is 73.1 Å². The SMILES string of the molecule is COc1ccccc1CC(NN)c1ncc(C)cn1. The normalized spacial score (nSPS) is 12.2. The number of aryl methyl sites for hydroxylation is 1. The number of nitrogens with zero attached hydrogens (tertiary/aromatic N) is 2. The summed E-state index contributed by atoms with van der Waals surface area (Å²) < 4.78 is 5.34. The molecule has 0 saturated heterocycles. The maximum atomic E-state index is 5.61. The summed E-state index contributed by atoms with van der Waals surface area (Å²) in [6.45, 7) is 1.95. The summed E-state index contributed by atoms with van der Waals surface area (Å²) in [6.07, 6.45) is 4.24. The second kappa shape index (κ2) is 6.26. The first-order valence-electron chi connectivity index (χ1n) is 6.11. The molecule has 0 amide bonds. The lowest BCUT2D eigenvalue weighted by Gasteiger charge is -2.16. The maximum absolute atomic E-state index is 5.61. The van der Waals surface area contributed by atoms with E-state index in [1.165, 1.54) is 0 Å². The van der Waals surface area contributed by atoms with Crippen LogP contribution in [0.4, 0.5) is 0 Å². The van der Waals surface area contributed by atoms with Crippen LogP contribution in [0, 0.1) is 6.92 Å². The standard InChI is InChI=1S/C14H18N4O/c1-10-8-16-14(17-9-10)12(18-15)7-11-5-3-4-6-13(11)19-2/h3-6,8-9,12,18H,7,15H2,1-2H3. The number of ether oxygens (including phenoxy) is 1. The van der Waals surface area contributed by atoms with Crippen molar-refractivity contribution in [3.8, 4) is 5.75 Å². The molecule has 0 aliphatic heterocycles. The zero-order valence-corrected chi connectivity index (χ0v) is 11.1. The number of benzene rings is 1. The molecule has 0 fully saturated rings. The molecule has 0 radical (unpaired) electrons. The van der Waals surface area contributed by atoms with Gasteiger partial charge in [0.2, 0.25) is 0 Å². The first kappa shape index (κ1) is 13.5. The van der Waals surface area contributed by atoms with Gasteiger partial charge in [-0.1, -0.05) is 18.2 Å². The van der Waals surface area contributed by atoms with Gasteiger partial charge in [-0.2, -0.15) is 0 Å². The number of hydrogen-bond donors (Lipinski definition) is 2. The van der Waals surface area contributed by atoms with Crippen LogP contribution in [0.1, 0.15) is 23.0 Å². The summed E-state index contributed by atoms with van der Waals surface area (Å²) >= 11 is 0. The summed E-state index contributed by atoms with van der Waals surface area (Å²) in [4.78, 5) is 8.61. The number of methoxy groups -OCH3 is 1. The Morgan fingerprint density at radius 3 is 2.58 bits per heavy atom. The number of aromatic nitrogens is 2. The van der Waals surface area contributed by atoms with Crippen molar-refractivity contribution >= 4 is 0 Å². The number of nitrogens with one attached hydrogen (secondary N) is 1. The maximum Gasteiger partial charge on any atom is 0.146 e. The molecule has 5 heteroatoms. The Balaban J connectivity index is 2.21. The first-order valence-corrected chi connectivity index (χ1v) is 6.11. The highest BCUT2D eigenvalue weighted by Gasteiger charge is 2.15. The molecular formula is C14H18N4O. The van der Waals surface area contributed by atoms with E-state index >= 15 is 0 Å². The van der Waals surface area contributed by atoms with Crippen molar-refractivity contribution in [3.63, 3.8) is 0 Å². The van der Waals surface area contributed by atoms with Crippen molar-refractivity contribution in [2.75, 3.05) is 7.11 Å². The van der Waals surface area contributed by atoms with Crippen LogP contribution in [0.25, 0.3) is 0 Å². The minimum Gasteiger partial charge on any atom is -0.496 e. The van der Waals surface area contributed by atoms with Gasteiger partial charge in [0, 0.05) is 12.4 Å². The fraction of sp³-hybridized carbons (Fsp3) is 0.286. The molecule has 0 aliphatic rings. The van der Waals surface area contributed by atoms with E-state index in [4.69, 9.17) is 10.6 Å². The molecule has 3 N–H and O–H groups in total. The summed E-state index contributed by atoms with van der Waals surface area (Å²) in [5.74, 6) is 7.13. The third kappa shape index (κ3) is 3.27. The van der Waals surface area contributed by atoms with Gasteiger partial charge in [-0.3, -0.25) is 5.84 Å². The van der Waals surface area contributed by atoms with Crippen molar-refractivity contribution < 1.29 is 4.74 Å². The van der Waals surface area contributed by atoms with E-state index in [-0.39, 0.29) is 6.04 Å². The van der Waals surface area contributed by atoms with E-state index in [1.54, 1.807) is 19.5 Å². The Morgan fingerprint density at radius 2 is 1.95 bits per heavy atom. The zero-order valence-electron chi connectivity index (χ0n) is 11.1. The molecular weight excluding hydrogens is 240 g/mol. The largest absolute Gasteiger partial charge is 0.496 e. The van der Waals surface area contributed by atoms with Gasteiger partial charge in [0.15, 0.2) is 0 Å².